The number of aliphatic hydroxyl groups excluding tert-OH is 2. The number of ether oxygens (including phenoxy) is 1. The van der Waals surface area contributed by atoms with Gasteiger partial charge >= 0.3 is 5.97 Å². The first-order valence-electron chi connectivity index (χ1n) is 5.27. The SMILES string of the molecule is CCOC(=O)/C=C\NC(=O)[C@H](O)C(C)(C)CO. The lowest BCUT2D eigenvalue weighted by molar-refractivity contribution is -0.137. The summed E-state index contributed by atoms with van der Waals surface area (Å²) in [5, 5.41) is 20.8. The van der Waals surface area contributed by atoms with Crippen LogP contribution in [0.15, 0.2) is 12.3 Å². The molecule has 0 bridgehead atoms. The molecule has 3 N–H and O–H groups in total. The molecule has 0 saturated carbocycles. The number of amides is 1. The smallest absolute Gasteiger partial charge is 0.332 e. The van der Waals surface area contributed by atoms with E-state index in [1.165, 1.54) is 0 Å². The number of rotatable bonds is 6. The molecular formula is C11H19NO5. The zero-order valence-corrected chi connectivity index (χ0v) is 10.3. The average molecular weight is 245 g/mol. The molecule has 0 fully saturated rings. The molecule has 17 heavy (non-hydrogen) atoms. The van der Waals surface area contributed by atoms with Gasteiger partial charge < -0.3 is 20.3 Å². The lowest BCUT2D eigenvalue weighted by Gasteiger charge is -2.26. The van der Waals surface area contributed by atoms with Gasteiger partial charge in [-0.1, -0.05) is 13.8 Å². The molecule has 1 atom stereocenters. The summed E-state index contributed by atoms with van der Waals surface area (Å²) in [6.07, 6.45) is 0.774. The van der Waals surface area contributed by atoms with Gasteiger partial charge in [-0.15, -0.1) is 0 Å². The molecule has 6 heteroatoms. The first-order chi connectivity index (χ1) is 7.85. The van der Waals surface area contributed by atoms with Crippen LogP contribution in [0.1, 0.15) is 20.8 Å². The molecule has 0 heterocycles. The molecule has 0 saturated heterocycles. The fourth-order valence-corrected chi connectivity index (χ4v) is 0.903. The van der Waals surface area contributed by atoms with Gasteiger partial charge in [0.2, 0.25) is 0 Å². The summed E-state index contributed by atoms with van der Waals surface area (Å²) in [5.41, 5.74) is -0.943. The number of esters is 1. The van der Waals surface area contributed by atoms with Crippen molar-refractivity contribution in [3.05, 3.63) is 12.3 Å². The number of carbonyl (C=O) groups is 2. The fourth-order valence-electron chi connectivity index (χ4n) is 0.903. The number of aliphatic hydroxyl groups is 2. The highest BCUT2D eigenvalue weighted by Gasteiger charge is 2.32. The predicted octanol–water partition coefficient (Wildman–Crippen LogP) is -0.441. The van der Waals surface area contributed by atoms with Crippen molar-refractivity contribution in [2.45, 2.75) is 26.9 Å². The molecule has 0 aromatic rings. The quantitative estimate of drug-likeness (QED) is 0.435. The summed E-state index contributed by atoms with van der Waals surface area (Å²) >= 11 is 0. The monoisotopic (exact) mass is 245 g/mol. The molecule has 0 aliphatic heterocycles. The summed E-state index contributed by atoms with van der Waals surface area (Å²) in [6, 6.07) is 0. The van der Waals surface area contributed by atoms with Gasteiger partial charge in [0.25, 0.3) is 5.91 Å². The van der Waals surface area contributed by atoms with E-state index in [0.29, 0.717) is 0 Å². The molecular weight excluding hydrogens is 226 g/mol. The summed E-state index contributed by atoms with van der Waals surface area (Å²) in [5.74, 6) is -1.27. The molecule has 0 aromatic heterocycles. The van der Waals surface area contributed by atoms with Crippen molar-refractivity contribution in [2.24, 2.45) is 5.41 Å². The molecule has 0 aliphatic rings. The zero-order chi connectivity index (χ0) is 13.5. The van der Waals surface area contributed by atoms with E-state index in [9.17, 15) is 14.7 Å². The Hall–Kier alpha value is -1.40. The van der Waals surface area contributed by atoms with Crippen LogP contribution < -0.4 is 5.32 Å². The number of hydrogen-bond donors (Lipinski definition) is 3. The van der Waals surface area contributed by atoms with E-state index in [1.54, 1.807) is 20.8 Å². The van der Waals surface area contributed by atoms with E-state index in [0.717, 1.165) is 12.3 Å². The highest BCUT2D eigenvalue weighted by atomic mass is 16.5. The lowest BCUT2D eigenvalue weighted by atomic mass is 9.87. The second-order valence-corrected chi connectivity index (χ2v) is 4.14. The number of carbonyl (C=O) groups excluding carboxylic acids is 2. The third-order valence-electron chi connectivity index (χ3n) is 2.13. The van der Waals surface area contributed by atoms with Gasteiger partial charge in [0.15, 0.2) is 0 Å². The molecule has 1 amide bonds. The molecule has 0 aliphatic carbocycles. The maximum Gasteiger partial charge on any atom is 0.332 e. The van der Waals surface area contributed by atoms with Gasteiger partial charge in [-0.2, -0.15) is 0 Å². The summed E-state index contributed by atoms with van der Waals surface area (Å²) in [7, 11) is 0. The summed E-state index contributed by atoms with van der Waals surface area (Å²) in [6.45, 7) is 4.68. The minimum atomic E-state index is -1.36. The van der Waals surface area contributed by atoms with Gasteiger partial charge in [-0.3, -0.25) is 4.79 Å². The van der Waals surface area contributed by atoms with Gasteiger partial charge in [0.05, 0.1) is 13.2 Å². The van der Waals surface area contributed by atoms with Crippen LogP contribution in [0.5, 0.6) is 0 Å². The zero-order valence-electron chi connectivity index (χ0n) is 10.3. The Balaban J connectivity index is 4.23. The van der Waals surface area contributed by atoms with Gasteiger partial charge in [0, 0.05) is 17.7 Å². The van der Waals surface area contributed by atoms with Crippen molar-refractivity contribution in [3.63, 3.8) is 0 Å². The lowest BCUT2D eigenvalue weighted by Crippen LogP contribution is -2.44. The van der Waals surface area contributed by atoms with E-state index in [-0.39, 0.29) is 13.2 Å². The van der Waals surface area contributed by atoms with Crippen LogP contribution >= 0.6 is 0 Å². The first-order valence-corrected chi connectivity index (χ1v) is 5.27. The highest BCUT2D eigenvalue weighted by molar-refractivity contribution is 5.85. The van der Waals surface area contributed by atoms with Gasteiger partial charge in [-0.25, -0.2) is 4.79 Å². The van der Waals surface area contributed by atoms with E-state index >= 15 is 0 Å². The standard InChI is InChI=1S/C11H19NO5/c1-4-17-8(14)5-6-12-10(16)9(15)11(2,3)7-13/h5-6,9,13,15H,4,7H2,1-3H3,(H,12,16)/b6-5-/t9-/m0/s1. The Morgan fingerprint density at radius 2 is 2.06 bits per heavy atom. The molecule has 0 rings (SSSR count). The van der Waals surface area contributed by atoms with Gasteiger partial charge in [-0.05, 0) is 6.92 Å². The third kappa shape index (κ3) is 5.46. The topological polar surface area (TPSA) is 95.9 Å². The largest absolute Gasteiger partial charge is 0.463 e. The third-order valence-corrected chi connectivity index (χ3v) is 2.13. The highest BCUT2D eigenvalue weighted by Crippen LogP contribution is 2.19. The van der Waals surface area contributed by atoms with Crippen molar-refractivity contribution in [1.82, 2.24) is 5.32 Å². The van der Waals surface area contributed by atoms with Crippen molar-refractivity contribution in [2.75, 3.05) is 13.2 Å². The number of nitrogens with one attached hydrogen (secondary N) is 1. The second kappa shape index (κ2) is 7.03. The maximum absolute atomic E-state index is 11.4. The van der Waals surface area contributed by atoms with Crippen LogP contribution in [-0.2, 0) is 14.3 Å². The van der Waals surface area contributed by atoms with Crippen LogP contribution in [0.25, 0.3) is 0 Å². The predicted molar refractivity (Wildman–Crippen MR) is 60.8 cm³/mol. The molecule has 0 spiro atoms. The minimum Gasteiger partial charge on any atom is -0.463 e. The molecule has 98 valence electrons. The molecule has 0 radical (unpaired) electrons. The van der Waals surface area contributed by atoms with Crippen molar-refractivity contribution < 1.29 is 24.5 Å². The maximum atomic E-state index is 11.4. The Bertz CT molecular complexity index is 298. The number of hydrogen-bond acceptors (Lipinski definition) is 5. The Labute approximate surface area is 100 Å². The normalized spacial score (nSPS) is 13.5. The first kappa shape index (κ1) is 15.6. The second-order valence-electron chi connectivity index (χ2n) is 4.14. The Kier molecular flexibility index (Phi) is 6.45. The van der Waals surface area contributed by atoms with Crippen LogP contribution in [0.2, 0.25) is 0 Å². The van der Waals surface area contributed by atoms with E-state index in [1.807, 2.05) is 0 Å². The molecule has 6 nitrogen and oxygen atoms in total. The van der Waals surface area contributed by atoms with Crippen molar-refractivity contribution >= 4 is 11.9 Å². The molecule has 0 aromatic carbocycles. The van der Waals surface area contributed by atoms with E-state index in [2.05, 4.69) is 10.1 Å². The Morgan fingerprint density at radius 3 is 2.53 bits per heavy atom. The van der Waals surface area contributed by atoms with Crippen molar-refractivity contribution in [3.8, 4) is 0 Å². The fraction of sp³-hybridized carbons (Fsp3) is 0.636. The summed E-state index contributed by atoms with van der Waals surface area (Å²) in [4.78, 5) is 22.3. The van der Waals surface area contributed by atoms with Crippen LogP contribution in [0.4, 0.5) is 0 Å². The molecule has 0 unspecified atom stereocenters. The Morgan fingerprint density at radius 1 is 1.47 bits per heavy atom. The average Bonchev–Trinajstić information content (AvgIpc) is 2.28. The van der Waals surface area contributed by atoms with Crippen molar-refractivity contribution in [1.29, 1.82) is 0 Å². The van der Waals surface area contributed by atoms with Crippen LogP contribution in [0.3, 0.4) is 0 Å². The minimum absolute atomic E-state index is 0.247. The van der Waals surface area contributed by atoms with Gasteiger partial charge in [0.1, 0.15) is 6.10 Å². The van der Waals surface area contributed by atoms with E-state index in [4.69, 9.17) is 5.11 Å². The van der Waals surface area contributed by atoms with E-state index < -0.39 is 23.4 Å². The van der Waals surface area contributed by atoms with Crippen LogP contribution in [0, 0.1) is 5.41 Å². The summed E-state index contributed by atoms with van der Waals surface area (Å²) < 4.78 is 4.59. The van der Waals surface area contributed by atoms with Crippen LogP contribution in [-0.4, -0.2) is 41.4 Å².